The van der Waals surface area contributed by atoms with Crippen molar-refractivity contribution in [3.8, 4) is 5.75 Å². The number of methoxy groups -OCH3 is 1. The number of amides is 1. The number of alkyl halides is 1. The van der Waals surface area contributed by atoms with Crippen LogP contribution in [0.15, 0.2) is 18.2 Å². The molecule has 1 aromatic carbocycles. The summed E-state index contributed by atoms with van der Waals surface area (Å²) in [6.07, 6.45) is 0.889. The summed E-state index contributed by atoms with van der Waals surface area (Å²) in [7, 11) is 1.43. The first-order chi connectivity index (χ1) is 9.10. The first kappa shape index (κ1) is 14.1. The van der Waals surface area contributed by atoms with Crippen molar-refractivity contribution in [1.82, 2.24) is 4.90 Å². The van der Waals surface area contributed by atoms with Gasteiger partial charge in [-0.25, -0.2) is 4.39 Å². The fourth-order valence-corrected chi connectivity index (χ4v) is 2.99. The van der Waals surface area contributed by atoms with Crippen LogP contribution in [0.5, 0.6) is 5.75 Å². The lowest BCUT2D eigenvalue weighted by Gasteiger charge is -2.26. The van der Waals surface area contributed by atoms with E-state index in [1.807, 2.05) is 0 Å². The summed E-state index contributed by atoms with van der Waals surface area (Å²) >= 11 is 5.92. The van der Waals surface area contributed by atoms with E-state index in [1.54, 1.807) is 11.0 Å². The van der Waals surface area contributed by atoms with Gasteiger partial charge in [-0.1, -0.05) is 13.0 Å². The number of halogens is 2. The summed E-state index contributed by atoms with van der Waals surface area (Å²) < 4.78 is 19.0. The van der Waals surface area contributed by atoms with Crippen molar-refractivity contribution in [3.63, 3.8) is 0 Å². The molecule has 1 amide bonds. The summed E-state index contributed by atoms with van der Waals surface area (Å²) in [5.74, 6) is 0.0585. The minimum Gasteiger partial charge on any atom is -0.496 e. The highest BCUT2D eigenvalue weighted by atomic mass is 35.5. The second kappa shape index (κ2) is 5.78. The highest BCUT2D eigenvalue weighted by Crippen LogP contribution is 2.30. The molecule has 0 saturated carbocycles. The topological polar surface area (TPSA) is 29.5 Å². The van der Waals surface area contributed by atoms with Crippen molar-refractivity contribution < 1.29 is 13.9 Å². The fourth-order valence-electron chi connectivity index (χ4n) is 2.52. The van der Waals surface area contributed by atoms with Crippen molar-refractivity contribution >= 4 is 17.5 Å². The summed E-state index contributed by atoms with van der Waals surface area (Å²) in [6.45, 7) is 2.66. The number of hydrogen-bond donors (Lipinski definition) is 0. The van der Waals surface area contributed by atoms with Gasteiger partial charge >= 0.3 is 0 Å². The van der Waals surface area contributed by atoms with Crippen molar-refractivity contribution in [2.75, 3.05) is 19.5 Å². The number of hydrogen-bond acceptors (Lipinski definition) is 2. The van der Waals surface area contributed by atoms with Crippen LogP contribution >= 0.6 is 11.6 Å². The Morgan fingerprint density at radius 3 is 2.95 bits per heavy atom. The average molecular weight is 286 g/mol. The molecule has 2 rings (SSSR count). The minimum absolute atomic E-state index is 0.00535. The molecule has 0 N–H and O–H groups in total. The van der Waals surface area contributed by atoms with Crippen LogP contribution in [-0.4, -0.2) is 36.4 Å². The molecule has 0 spiro atoms. The smallest absolute Gasteiger partial charge is 0.260 e. The Morgan fingerprint density at radius 1 is 1.58 bits per heavy atom. The number of carbonyl (C=O) groups excluding carboxylic acids is 1. The Balaban J connectivity index is 2.35. The number of benzene rings is 1. The van der Waals surface area contributed by atoms with Crippen molar-refractivity contribution in [1.29, 1.82) is 0 Å². The quantitative estimate of drug-likeness (QED) is 0.799. The third-order valence-electron chi connectivity index (χ3n) is 3.71. The first-order valence-electron chi connectivity index (χ1n) is 6.29. The van der Waals surface area contributed by atoms with Gasteiger partial charge in [0.1, 0.15) is 17.1 Å². The van der Waals surface area contributed by atoms with Gasteiger partial charge in [-0.15, -0.1) is 11.6 Å². The molecule has 104 valence electrons. The lowest BCUT2D eigenvalue weighted by molar-refractivity contribution is 0.0728. The van der Waals surface area contributed by atoms with Crippen molar-refractivity contribution in [2.24, 2.45) is 5.92 Å². The maximum atomic E-state index is 13.9. The number of likely N-dealkylation sites (tertiary alicyclic amines) is 1. The van der Waals surface area contributed by atoms with Gasteiger partial charge in [0.05, 0.1) is 7.11 Å². The zero-order valence-electron chi connectivity index (χ0n) is 11.0. The maximum Gasteiger partial charge on any atom is 0.260 e. The molecule has 0 radical (unpaired) electrons. The van der Waals surface area contributed by atoms with Gasteiger partial charge in [0, 0.05) is 18.5 Å². The average Bonchev–Trinajstić information content (AvgIpc) is 2.78. The zero-order valence-corrected chi connectivity index (χ0v) is 11.8. The van der Waals surface area contributed by atoms with E-state index in [2.05, 4.69) is 6.92 Å². The normalized spacial score (nSPS) is 22.6. The number of nitrogens with zero attached hydrogens (tertiary/aromatic N) is 1. The standard InChI is InChI=1S/C14H17ClFNO2/c1-9-6-7-17(11(9)8-15)14(18)13-10(16)4-3-5-12(13)19-2/h3-5,9,11H,6-8H2,1-2H3. The van der Waals surface area contributed by atoms with Crippen molar-refractivity contribution in [2.45, 2.75) is 19.4 Å². The van der Waals surface area contributed by atoms with E-state index in [0.29, 0.717) is 18.3 Å². The van der Waals surface area contributed by atoms with Gasteiger partial charge in [-0.2, -0.15) is 0 Å². The van der Waals surface area contributed by atoms with E-state index in [0.717, 1.165) is 6.42 Å². The van der Waals surface area contributed by atoms with Crippen LogP contribution in [-0.2, 0) is 0 Å². The minimum atomic E-state index is -0.558. The molecule has 0 aliphatic carbocycles. The van der Waals surface area contributed by atoms with Gasteiger partial charge in [-0.05, 0) is 24.5 Å². The van der Waals surface area contributed by atoms with Crippen LogP contribution < -0.4 is 4.74 Å². The summed E-state index contributed by atoms with van der Waals surface area (Å²) in [6, 6.07) is 4.34. The summed E-state index contributed by atoms with van der Waals surface area (Å²) in [5.41, 5.74) is -0.00535. The van der Waals surface area contributed by atoms with E-state index in [4.69, 9.17) is 16.3 Å². The molecule has 2 unspecified atom stereocenters. The first-order valence-corrected chi connectivity index (χ1v) is 6.83. The predicted octanol–water partition coefficient (Wildman–Crippen LogP) is 2.92. The highest BCUT2D eigenvalue weighted by Gasteiger charge is 2.36. The predicted molar refractivity (Wildman–Crippen MR) is 72.3 cm³/mol. The number of carbonyl (C=O) groups is 1. The van der Waals surface area contributed by atoms with E-state index in [9.17, 15) is 9.18 Å². The Bertz CT molecular complexity index is 481. The molecule has 2 atom stereocenters. The van der Waals surface area contributed by atoms with Gasteiger partial charge in [0.2, 0.25) is 0 Å². The summed E-state index contributed by atoms with van der Waals surface area (Å²) in [5, 5.41) is 0. The van der Waals surface area contributed by atoms with Crippen LogP contribution in [0.1, 0.15) is 23.7 Å². The molecule has 1 aliphatic heterocycles. The van der Waals surface area contributed by atoms with Crippen LogP contribution in [0, 0.1) is 11.7 Å². The molecule has 0 bridgehead atoms. The van der Waals surface area contributed by atoms with Crippen LogP contribution in [0.4, 0.5) is 4.39 Å². The van der Waals surface area contributed by atoms with E-state index < -0.39 is 5.82 Å². The number of rotatable bonds is 3. The van der Waals surface area contributed by atoms with Crippen LogP contribution in [0.3, 0.4) is 0 Å². The largest absolute Gasteiger partial charge is 0.496 e. The molecule has 19 heavy (non-hydrogen) atoms. The second-order valence-corrected chi connectivity index (χ2v) is 5.11. The van der Waals surface area contributed by atoms with E-state index in [1.165, 1.54) is 19.2 Å². The Labute approximate surface area is 117 Å². The highest BCUT2D eigenvalue weighted by molar-refractivity contribution is 6.18. The van der Waals surface area contributed by atoms with E-state index >= 15 is 0 Å². The van der Waals surface area contributed by atoms with Gasteiger partial charge in [0.15, 0.2) is 0 Å². The zero-order chi connectivity index (χ0) is 14.0. The lowest BCUT2D eigenvalue weighted by atomic mass is 10.0. The number of ether oxygens (including phenoxy) is 1. The SMILES string of the molecule is COc1cccc(F)c1C(=O)N1CCC(C)C1CCl. The molecular weight excluding hydrogens is 269 g/mol. The summed E-state index contributed by atoms with van der Waals surface area (Å²) in [4.78, 5) is 14.2. The second-order valence-electron chi connectivity index (χ2n) is 4.80. The molecule has 1 fully saturated rings. The fraction of sp³-hybridized carbons (Fsp3) is 0.500. The molecule has 1 aromatic rings. The van der Waals surface area contributed by atoms with E-state index in [-0.39, 0.29) is 23.3 Å². The molecule has 1 saturated heterocycles. The van der Waals surface area contributed by atoms with Crippen LogP contribution in [0.2, 0.25) is 0 Å². The molecular formula is C14H17ClFNO2. The molecule has 0 aromatic heterocycles. The van der Waals surface area contributed by atoms with Gasteiger partial charge in [0.25, 0.3) is 5.91 Å². The lowest BCUT2D eigenvalue weighted by Crippen LogP contribution is -2.39. The monoisotopic (exact) mass is 285 g/mol. The molecule has 3 nitrogen and oxygen atoms in total. The third-order valence-corrected chi connectivity index (χ3v) is 4.03. The Hall–Kier alpha value is -1.29. The molecule has 1 heterocycles. The van der Waals surface area contributed by atoms with Gasteiger partial charge in [-0.3, -0.25) is 4.79 Å². The Kier molecular flexibility index (Phi) is 4.30. The Morgan fingerprint density at radius 2 is 2.32 bits per heavy atom. The van der Waals surface area contributed by atoms with Gasteiger partial charge < -0.3 is 9.64 Å². The van der Waals surface area contributed by atoms with Crippen LogP contribution in [0.25, 0.3) is 0 Å². The van der Waals surface area contributed by atoms with Crippen molar-refractivity contribution in [3.05, 3.63) is 29.6 Å². The molecule has 1 aliphatic rings. The maximum absolute atomic E-state index is 13.9. The molecule has 5 heteroatoms. The third kappa shape index (κ3) is 2.54.